The maximum absolute atomic E-state index is 12.8. The summed E-state index contributed by atoms with van der Waals surface area (Å²) in [6, 6.07) is 7.65. The van der Waals surface area contributed by atoms with Gasteiger partial charge in [0.2, 0.25) is 0 Å². The largest absolute Gasteiger partial charge is 0.417 e. The van der Waals surface area contributed by atoms with Gasteiger partial charge in [-0.1, -0.05) is 24.3 Å². The standard InChI is InChI=1S/C17H16F3N3O/c1-9-13(7-11(8-22-9)17(18,19)20)16(24)23-14-6-10-4-2-3-5-12(10)15(14)21/h2-5,7-8,14-15H,6,21H2,1H3,(H,23,24)/t14-,15-/m1/s1. The van der Waals surface area contributed by atoms with Crippen molar-refractivity contribution in [1.29, 1.82) is 0 Å². The Hall–Kier alpha value is -2.41. The number of pyridine rings is 1. The van der Waals surface area contributed by atoms with E-state index < -0.39 is 17.6 Å². The van der Waals surface area contributed by atoms with E-state index in [0.29, 0.717) is 6.42 Å². The van der Waals surface area contributed by atoms with Crippen LogP contribution in [0.1, 0.15) is 38.8 Å². The number of hydrogen-bond acceptors (Lipinski definition) is 3. The zero-order chi connectivity index (χ0) is 17.5. The molecule has 3 rings (SSSR count). The van der Waals surface area contributed by atoms with Gasteiger partial charge in [-0.3, -0.25) is 9.78 Å². The minimum atomic E-state index is -4.55. The summed E-state index contributed by atoms with van der Waals surface area (Å²) < 4.78 is 38.5. The zero-order valence-corrected chi connectivity index (χ0v) is 12.9. The van der Waals surface area contributed by atoms with Gasteiger partial charge in [0.25, 0.3) is 5.91 Å². The first kappa shape index (κ1) is 16.4. The SMILES string of the molecule is Cc1ncc(C(F)(F)F)cc1C(=O)N[C@@H]1Cc2ccccc2[C@H]1N. The molecule has 7 heteroatoms. The lowest BCUT2D eigenvalue weighted by molar-refractivity contribution is -0.137. The van der Waals surface area contributed by atoms with Gasteiger partial charge in [-0.15, -0.1) is 0 Å². The van der Waals surface area contributed by atoms with Crippen molar-refractivity contribution in [3.05, 3.63) is 64.5 Å². The van der Waals surface area contributed by atoms with Crippen LogP contribution in [-0.4, -0.2) is 16.9 Å². The Morgan fingerprint density at radius 3 is 2.71 bits per heavy atom. The van der Waals surface area contributed by atoms with E-state index in [0.717, 1.165) is 23.4 Å². The summed E-state index contributed by atoms with van der Waals surface area (Å²) >= 11 is 0. The van der Waals surface area contributed by atoms with Crippen LogP contribution in [0.4, 0.5) is 13.2 Å². The third kappa shape index (κ3) is 2.99. The highest BCUT2D eigenvalue weighted by Crippen LogP contribution is 2.31. The second-order valence-electron chi connectivity index (χ2n) is 5.86. The molecule has 1 heterocycles. The number of aryl methyl sites for hydroxylation is 1. The van der Waals surface area contributed by atoms with Crippen LogP contribution in [0.3, 0.4) is 0 Å². The van der Waals surface area contributed by atoms with Gasteiger partial charge in [-0.25, -0.2) is 0 Å². The predicted octanol–water partition coefficient (Wildman–Crippen LogP) is 2.76. The average molecular weight is 335 g/mol. The fraction of sp³-hybridized carbons (Fsp3) is 0.294. The van der Waals surface area contributed by atoms with Gasteiger partial charge < -0.3 is 11.1 Å². The maximum atomic E-state index is 12.8. The number of aromatic nitrogens is 1. The fourth-order valence-corrected chi connectivity index (χ4v) is 2.93. The number of halogens is 3. The van der Waals surface area contributed by atoms with Gasteiger partial charge in [-0.05, 0) is 30.5 Å². The van der Waals surface area contributed by atoms with Crippen molar-refractivity contribution in [2.45, 2.75) is 31.6 Å². The minimum Gasteiger partial charge on any atom is -0.347 e. The number of carbonyl (C=O) groups excluding carboxylic acids is 1. The molecular weight excluding hydrogens is 319 g/mol. The van der Waals surface area contributed by atoms with Crippen molar-refractivity contribution < 1.29 is 18.0 Å². The Labute approximate surface area is 136 Å². The number of carbonyl (C=O) groups is 1. The van der Waals surface area contributed by atoms with Crippen molar-refractivity contribution in [2.24, 2.45) is 5.73 Å². The molecule has 1 amide bonds. The van der Waals surface area contributed by atoms with Crippen LogP contribution >= 0.6 is 0 Å². The van der Waals surface area contributed by atoms with Crippen LogP contribution in [0.5, 0.6) is 0 Å². The van der Waals surface area contributed by atoms with Crippen molar-refractivity contribution in [1.82, 2.24) is 10.3 Å². The van der Waals surface area contributed by atoms with E-state index in [-0.39, 0.29) is 23.3 Å². The molecule has 0 fully saturated rings. The molecule has 24 heavy (non-hydrogen) atoms. The highest BCUT2D eigenvalue weighted by Gasteiger charge is 2.34. The molecule has 1 aromatic carbocycles. The van der Waals surface area contributed by atoms with E-state index in [9.17, 15) is 18.0 Å². The summed E-state index contributed by atoms with van der Waals surface area (Å²) in [7, 11) is 0. The predicted molar refractivity (Wildman–Crippen MR) is 82.3 cm³/mol. The summed E-state index contributed by atoms with van der Waals surface area (Å²) in [6.07, 6.45) is -3.27. The maximum Gasteiger partial charge on any atom is 0.417 e. The monoisotopic (exact) mass is 335 g/mol. The molecule has 1 aliphatic rings. The summed E-state index contributed by atoms with van der Waals surface area (Å²) in [6.45, 7) is 1.50. The number of nitrogens with zero attached hydrogens (tertiary/aromatic N) is 1. The number of amides is 1. The summed E-state index contributed by atoms with van der Waals surface area (Å²) in [5, 5.41) is 2.74. The average Bonchev–Trinajstić information content (AvgIpc) is 2.83. The molecule has 2 atom stereocenters. The lowest BCUT2D eigenvalue weighted by atomic mass is 10.1. The second kappa shape index (κ2) is 5.90. The Morgan fingerprint density at radius 2 is 2.04 bits per heavy atom. The van der Waals surface area contributed by atoms with E-state index in [4.69, 9.17) is 5.73 Å². The molecule has 0 saturated heterocycles. The minimum absolute atomic E-state index is 0.0898. The zero-order valence-electron chi connectivity index (χ0n) is 12.9. The van der Waals surface area contributed by atoms with Crippen LogP contribution in [0, 0.1) is 6.92 Å². The molecule has 0 saturated carbocycles. The number of nitrogens with two attached hydrogens (primary N) is 1. The fourth-order valence-electron chi connectivity index (χ4n) is 2.93. The highest BCUT2D eigenvalue weighted by molar-refractivity contribution is 5.95. The normalized spacial score (nSPS) is 19.9. The molecule has 0 aliphatic heterocycles. The van der Waals surface area contributed by atoms with Gasteiger partial charge in [0.15, 0.2) is 0 Å². The van der Waals surface area contributed by atoms with E-state index in [1.54, 1.807) is 0 Å². The molecule has 1 aliphatic carbocycles. The summed E-state index contributed by atoms with van der Waals surface area (Å²) in [5.74, 6) is -0.598. The van der Waals surface area contributed by atoms with Crippen molar-refractivity contribution in [2.75, 3.05) is 0 Å². The molecular formula is C17H16F3N3O. The van der Waals surface area contributed by atoms with Gasteiger partial charge in [0.05, 0.1) is 23.2 Å². The van der Waals surface area contributed by atoms with Gasteiger partial charge in [-0.2, -0.15) is 13.2 Å². The van der Waals surface area contributed by atoms with E-state index in [1.165, 1.54) is 6.92 Å². The van der Waals surface area contributed by atoms with Crippen molar-refractivity contribution in [3.8, 4) is 0 Å². The molecule has 0 bridgehead atoms. The topological polar surface area (TPSA) is 68.0 Å². The van der Waals surface area contributed by atoms with Crippen LogP contribution in [0.25, 0.3) is 0 Å². The van der Waals surface area contributed by atoms with Gasteiger partial charge in [0.1, 0.15) is 0 Å². The number of hydrogen-bond donors (Lipinski definition) is 2. The Kier molecular flexibility index (Phi) is 4.04. The Balaban J connectivity index is 1.82. The lowest BCUT2D eigenvalue weighted by Gasteiger charge is -2.19. The lowest BCUT2D eigenvalue weighted by Crippen LogP contribution is -2.41. The molecule has 4 nitrogen and oxygen atoms in total. The molecule has 0 radical (unpaired) electrons. The number of rotatable bonds is 2. The van der Waals surface area contributed by atoms with Crippen LogP contribution < -0.4 is 11.1 Å². The van der Waals surface area contributed by atoms with Crippen LogP contribution in [0.15, 0.2) is 36.5 Å². The molecule has 0 spiro atoms. The molecule has 2 aromatic rings. The third-order valence-electron chi connectivity index (χ3n) is 4.26. The summed E-state index contributed by atoms with van der Waals surface area (Å²) in [4.78, 5) is 16.1. The van der Waals surface area contributed by atoms with E-state index in [1.807, 2.05) is 24.3 Å². The Morgan fingerprint density at radius 1 is 1.33 bits per heavy atom. The van der Waals surface area contributed by atoms with E-state index >= 15 is 0 Å². The number of nitrogens with one attached hydrogen (secondary N) is 1. The molecule has 1 aromatic heterocycles. The smallest absolute Gasteiger partial charge is 0.347 e. The highest BCUT2D eigenvalue weighted by atomic mass is 19.4. The van der Waals surface area contributed by atoms with Crippen LogP contribution in [-0.2, 0) is 12.6 Å². The quantitative estimate of drug-likeness (QED) is 0.887. The van der Waals surface area contributed by atoms with E-state index in [2.05, 4.69) is 10.3 Å². The first-order chi connectivity index (χ1) is 11.3. The number of benzene rings is 1. The van der Waals surface area contributed by atoms with Crippen molar-refractivity contribution in [3.63, 3.8) is 0 Å². The second-order valence-corrected chi connectivity index (χ2v) is 5.86. The van der Waals surface area contributed by atoms with Gasteiger partial charge in [0, 0.05) is 11.9 Å². The first-order valence-corrected chi connectivity index (χ1v) is 7.45. The Bertz CT molecular complexity index is 789. The molecule has 3 N–H and O–H groups in total. The third-order valence-corrected chi connectivity index (χ3v) is 4.26. The van der Waals surface area contributed by atoms with Crippen molar-refractivity contribution >= 4 is 5.91 Å². The first-order valence-electron chi connectivity index (χ1n) is 7.45. The molecule has 0 unspecified atom stereocenters. The number of fused-ring (bicyclic) bond motifs is 1. The number of alkyl halides is 3. The van der Waals surface area contributed by atoms with Crippen LogP contribution in [0.2, 0.25) is 0 Å². The van der Waals surface area contributed by atoms with Gasteiger partial charge >= 0.3 is 6.18 Å². The summed E-state index contributed by atoms with van der Waals surface area (Å²) in [5.41, 5.74) is 7.33. The molecule has 126 valence electrons.